The summed E-state index contributed by atoms with van der Waals surface area (Å²) in [6.45, 7) is 0.263. The molecule has 0 aliphatic rings. The molecule has 0 aliphatic heterocycles. The zero-order chi connectivity index (χ0) is 10.8. The van der Waals surface area contributed by atoms with Crippen LogP contribution in [0.4, 0.5) is 4.79 Å². The fourth-order valence-electron chi connectivity index (χ4n) is 1.28. The topological polar surface area (TPSA) is 66.6 Å². The molecule has 0 saturated carbocycles. The number of carboxylic acid groups (broad SMARTS) is 1. The van der Waals surface area contributed by atoms with Crippen LogP contribution >= 0.6 is 15.9 Å². The zero-order valence-electron chi connectivity index (χ0n) is 7.64. The first-order valence-electron chi connectivity index (χ1n) is 4.24. The summed E-state index contributed by atoms with van der Waals surface area (Å²) < 4.78 is 2.70. The van der Waals surface area contributed by atoms with Crippen LogP contribution in [0.25, 0.3) is 5.65 Å². The molecule has 6 heteroatoms. The Hall–Kier alpha value is -1.56. The third-order valence-corrected chi connectivity index (χ3v) is 2.71. The number of nitrogens with zero attached hydrogens (tertiary/aromatic N) is 2. The molecule has 2 rings (SSSR count). The van der Waals surface area contributed by atoms with E-state index in [-0.39, 0.29) is 6.54 Å². The molecule has 0 unspecified atom stereocenters. The molecule has 0 fully saturated rings. The zero-order valence-corrected chi connectivity index (χ0v) is 9.23. The van der Waals surface area contributed by atoms with Crippen LogP contribution in [0.2, 0.25) is 0 Å². The molecule has 2 heterocycles. The van der Waals surface area contributed by atoms with Crippen molar-refractivity contribution in [1.82, 2.24) is 14.7 Å². The van der Waals surface area contributed by atoms with Crippen molar-refractivity contribution in [3.05, 3.63) is 34.7 Å². The van der Waals surface area contributed by atoms with Crippen LogP contribution in [-0.2, 0) is 6.54 Å². The number of amides is 1. The van der Waals surface area contributed by atoms with Crippen LogP contribution < -0.4 is 5.32 Å². The Bertz CT molecular complexity index is 509. The number of halogens is 1. The molecule has 0 aliphatic carbocycles. The van der Waals surface area contributed by atoms with Gasteiger partial charge in [-0.1, -0.05) is 0 Å². The highest BCUT2D eigenvalue weighted by Crippen LogP contribution is 2.18. The number of hydrogen-bond donors (Lipinski definition) is 2. The molecule has 0 aromatic carbocycles. The number of aromatic nitrogens is 2. The van der Waals surface area contributed by atoms with E-state index in [0.29, 0.717) is 0 Å². The minimum absolute atomic E-state index is 0.263. The number of rotatable bonds is 2. The molecule has 0 radical (unpaired) electrons. The molecule has 0 spiro atoms. The number of carbonyl (C=O) groups is 1. The average molecular weight is 270 g/mol. The Labute approximate surface area is 93.9 Å². The summed E-state index contributed by atoms with van der Waals surface area (Å²) in [7, 11) is 0. The SMILES string of the molecule is O=C(O)NCc1cc2nccn2cc1Br. The summed E-state index contributed by atoms with van der Waals surface area (Å²) in [5.41, 5.74) is 1.65. The summed E-state index contributed by atoms with van der Waals surface area (Å²) in [6, 6.07) is 1.83. The molecular weight excluding hydrogens is 262 g/mol. The second kappa shape index (κ2) is 3.90. The van der Waals surface area contributed by atoms with E-state index in [0.717, 1.165) is 15.7 Å². The third kappa shape index (κ3) is 2.10. The monoisotopic (exact) mass is 269 g/mol. The molecule has 2 aromatic rings. The molecule has 2 N–H and O–H groups in total. The lowest BCUT2D eigenvalue weighted by Gasteiger charge is -2.05. The van der Waals surface area contributed by atoms with E-state index in [1.54, 1.807) is 6.20 Å². The van der Waals surface area contributed by atoms with Gasteiger partial charge in [-0.15, -0.1) is 0 Å². The second-order valence-electron chi connectivity index (χ2n) is 3.00. The Morgan fingerprint density at radius 3 is 3.20 bits per heavy atom. The second-order valence-corrected chi connectivity index (χ2v) is 3.85. The van der Waals surface area contributed by atoms with Gasteiger partial charge in [-0.3, -0.25) is 0 Å². The van der Waals surface area contributed by atoms with Crippen molar-refractivity contribution in [3.8, 4) is 0 Å². The Kier molecular flexibility index (Phi) is 2.59. The molecular formula is C9H8BrN3O2. The van der Waals surface area contributed by atoms with Crippen molar-refractivity contribution in [3.63, 3.8) is 0 Å². The molecule has 0 saturated heterocycles. The molecule has 0 atom stereocenters. The van der Waals surface area contributed by atoms with Crippen LogP contribution in [0.1, 0.15) is 5.56 Å². The number of fused-ring (bicyclic) bond motifs is 1. The van der Waals surface area contributed by atoms with E-state index in [1.165, 1.54) is 0 Å². The normalized spacial score (nSPS) is 10.5. The first-order valence-corrected chi connectivity index (χ1v) is 5.04. The largest absolute Gasteiger partial charge is 0.465 e. The third-order valence-electron chi connectivity index (χ3n) is 1.99. The first-order chi connectivity index (χ1) is 7.16. The number of pyridine rings is 1. The van der Waals surface area contributed by atoms with E-state index < -0.39 is 6.09 Å². The first kappa shape index (κ1) is 9.97. The summed E-state index contributed by atoms with van der Waals surface area (Å²) in [6.07, 6.45) is 4.33. The fraction of sp³-hybridized carbons (Fsp3) is 0.111. The van der Waals surface area contributed by atoms with Crippen LogP contribution in [0.5, 0.6) is 0 Å². The summed E-state index contributed by atoms with van der Waals surface area (Å²) >= 11 is 3.37. The minimum atomic E-state index is -1.04. The number of imidazole rings is 1. The van der Waals surface area contributed by atoms with Gasteiger partial charge in [0.2, 0.25) is 0 Å². The molecule has 5 nitrogen and oxygen atoms in total. The summed E-state index contributed by atoms with van der Waals surface area (Å²) in [5.74, 6) is 0. The summed E-state index contributed by atoms with van der Waals surface area (Å²) in [4.78, 5) is 14.5. The Morgan fingerprint density at radius 1 is 1.67 bits per heavy atom. The Balaban J connectivity index is 2.33. The van der Waals surface area contributed by atoms with Crippen molar-refractivity contribution in [1.29, 1.82) is 0 Å². The maximum Gasteiger partial charge on any atom is 0.404 e. The van der Waals surface area contributed by atoms with E-state index in [9.17, 15) is 4.79 Å². The molecule has 1 amide bonds. The minimum Gasteiger partial charge on any atom is -0.465 e. The van der Waals surface area contributed by atoms with Crippen LogP contribution in [-0.4, -0.2) is 20.6 Å². The number of nitrogens with one attached hydrogen (secondary N) is 1. The molecule has 15 heavy (non-hydrogen) atoms. The van der Waals surface area contributed by atoms with Crippen LogP contribution in [0.15, 0.2) is 29.1 Å². The lowest BCUT2D eigenvalue weighted by molar-refractivity contribution is 0.194. The van der Waals surface area contributed by atoms with Gasteiger partial charge in [-0.05, 0) is 27.6 Å². The highest BCUT2D eigenvalue weighted by atomic mass is 79.9. The van der Waals surface area contributed by atoms with Gasteiger partial charge in [-0.2, -0.15) is 0 Å². The highest BCUT2D eigenvalue weighted by Gasteiger charge is 2.04. The van der Waals surface area contributed by atoms with Crippen molar-refractivity contribution >= 4 is 27.7 Å². The van der Waals surface area contributed by atoms with Crippen molar-refractivity contribution in [2.45, 2.75) is 6.54 Å². The van der Waals surface area contributed by atoms with Crippen molar-refractivity contribution in [2.75, 3.05) is 0 Å². The maximum absolute atomic E-state index is 10.4. The lowest BCUT2D eigenvalue weighted by atomic mass is 10.2. The van der Waals surface area contributed by atoms with E-state index in [1.807, 2.05) is 22.9 Å². The van der Waals surface area contributed by atoms with E-state index in [4.69, 9.17) is 5.11 Å². The van der Waals surface area contributed by atoms with Gasteiger partial charge in [0.05, 0.1) is 0 Å². The van der Waals surface area contributed by atoms with Gasteiger partial charge in [0.1, 0.15) is 5.65 Å². The van der Waals surface area contributed by atoms with E-state index >= 15 is 0 Å². The van der Waals surface area contributed by atoms with Crippen LogP contribution in [0, 0.1) is 0 Å². The van der Waals surface area contributed by atoms with Gasteiger partial charge in [0.25, 0.3) is 0 Å². The quantitative estimate of drug-likeness (QED) is 0.875. The molecule has 0 bridgehead atoms. The fourth-order valence-corrected chi connectivity index (χ4v) is 1.76. The van der Waals surface area contributed by atoms with Gasteiger partial charge < -0.3 is 14.8 Å². The van der Waals surface area contributed by atoms with Crippen molar-refractivity contribution in [2.24, 2.45) is 0 Å². The maximum atomic E-state index is 10.4. The molecule has 2 aromatic heterocycles. The average Bonchev–Trinajstić information content (AvgIpc) is 2.60. The van der Waals surface area contributed by atoms with Gasteiger partial charge in [0, 0.05) is 29.6 Å². The standard InChI is InChI=1S/C9H8BrN3O2/c10-7-5-13-2-1-11-8(13)3-6(7)4-12-9(14)15/h1-3,5,12H,4H2,(H,14,15). The summed E-state index contributed by atoms with van der Waals surface area (Å²) in [5, 5.41) is 10.8. The highest BCUT2D eigenvalue weighted by molar-refractivity contribution is 9.10. The lowest BCUT2D eigenvalue weighted by Crippen LogP contribution is -2.20. The van der Waals surface area contributed by atoms with Gasteiger partial charge in [-0.25, -0.2) is 9.78 Å². The van der Waals surface area contributed by atoms with Gasteiger partial charge >= 0.3 is 6.09 Å². The molecule has 78 valence electrons. The predicted octanol–water partition coefficient (Wildman–Crippen LogP) is 1.86. The predicted molar refractivity (Wildman–Crippen MR) is 57.8 cm³/mol. The van der Waals surface area contributed by atoms with Gasteiger partial charge in [0.15, 0.2) is 0 Å². The smallest absolute Gasteiger partial charge is 0.404 e. The van der Waals surface area contributed by atoms with Crippen LogP contribution in [0.3, 0.4) is 0 Å². The van der Waals surface area contributed by atoms with E-state index in [2.05, 4.69) is 26.2 Å². The van der Waals surface area contributed by atoms with Crippen molar-refractivity contribution < 1.29 is 9.90 Å². The Morgan fingerprint density at radius 2 is 2.47 bits per heavy atom. The number of hydrogen-bond acceptors (Lipinski definition) is 2.